The van der Waals surface area contributed by atoms with Gasteiger partial charge >= 0.3 is 5.97 Å². The molecule has 204 valence electrons. The number of benzene rings is 3. The molecule has 0 aliphatic heterocycles. The summed E-state index contributed by atoms with van der Waals surface area (Å²) < 4.78 is 41.0. The van der Waals surface area contributed by atoms with Gasteiger partial charge in [-0.15, -0.1) is 0 Å². The Hall–Kier alpha value is -4.48. The van der Waals surface area contributed by atoms with E-state index in [1.807, 2.05) is 60.7 Å². The SMILES string of the molecule is CCOC(=O)c1cn(C(c2ccccc2)c2ccccc2)c2sc(S(=O)(=O)Nc3ccc(OC)cc3)nc2c1=O. The van der Waals surface area contributed by atoms with E-state index in [4.69, 9.17) is 9.47 Å². The molecule has 1 N–H and O–H groups in total. The van der Waals surface area contributed by atoms with Crippen molar-refractivity contribution >= 4 is 43.4 Å². The fraction of sp³-hybridized carbons (Fsp3) is 0.138. The van der Waals surface area contributed by atoms with Gasteiger partial charge in [-0.1, -0.05) is 72.0 Å². The zero-order chi connectivity index (χ0) is 28.3. The van der Waals surface area contributed by atoms with E-state index in [0.29, 0.717) is 16.3 Å². The van der Waals surface area contributed by atoms with Crippen LogP contribution in [-0.4, -0.2) is 37.7 Å². The van der Waals surface area contributed by atoms with Crippen molar-refractivity contribution in [2.75, 3.05) is 18.4 Å². The molecule has 0 spiro atoms. The van der Waals surface area contributed by atoms with Gasteiger partial charge in [-0.3, -0.25) is 9.52 Å². The van der Waals surface area contributed by atoms with Crippen molar-refractivity contribution in [3.8, 4) is 5.75 Å². The third-order valence-electron chi connectivity index (χ3n) is 6.13. The fourth-order valence-electron chi connectivity index (χ4n) is 4.30. The highest BCUT2D eigenvalue weighted by molar-refractivity contribution is 7.94. The number of aromatic nitrogens is 2. The molecule has 40 heavy (non-hydrogen) atoms. The van der Waals surface area contributed by atoms with Crippen LogP contribution in [0.5, 0.6) is 5.75 Å². The summed E-state index contributed by atoms with van der Waals surface area (Å²) in [5.74, 6) is -0.240. The monoisotopic (exact) mass is 575 g/mol. The molecular weight excluding hydrogens is 550 g/mol. The standard InChI is InChI=1S/C29H25N3O6S2/c1-3-38-28(34)23-18-32(25(19-10-6-4-7-11-19)20-12-8-5-9-13-20)27-24(26(23)33)30-29(39-27)40(35,36)31-21-14-16-22(37-2)17-15-21/h4-18,25,31H,3H2,1-2H3. The molecule has 0 saturated heterocycles. The lowest BCUT2D eigenvalue weighted by Crippen LogP contribution is -2.23. The van der Waals surface area contributed by atoms with Gasteiger partial charge in [-0.25, -0.2) is 9.78 Å². The number of ether oxygens (including phenoxy) is 2. The van der Waals surface area contributed by atoms with Crippen LogP contribution in [0.2, 0.25) is 0 Å². The molecule has 0 bridgehead atoms. The summed E-state index contributed by atoms with van der Waals surface area (Å²) in [6.45, 7) is 1.71. The minimum absolute atomic E-state index is 0.0690. The van der Waals surface area contributed by atoms with Crippen LogP contribution in [0.25, 0.3) is 10.3 Å². The first-order valence-corrected chi connectivity index (χ1v) is 14.6. The Morgan fingerprint density at radius 3 is 2.12 bits per heavy atom. The van der Waals surface area contributed by atoms with E-state index in [1.165, 1.54) is 13.3 Å². The molecule has 0 amide bonds. The second kappa shape index (κ2) is 11.3. The van der Waals surface area contributed by atoms with Crippen LogP contribution < -0.4 is 14.9 Å². The summed E-state index contributed by atoms with van der Waals surface area (Å²) in [5, 5.41) is 0. The Morgan fingerprint density at radius 2 is 1.57 bits per heavy atom. The zero-order valence-corrected chi connectivity index (χ0v) is 23.2. The number of esters is 1. The molecule has 3 aromatic carbocycles. The summed E-state index contributed by atoms with van der Waals surface area (Å²) >= 11 is 0.848. The molecule has 2 heterocycles. The third kappa shape index (κ3) is 5.33. The average molecular weight is 576 g/mol. The summed E-state index contributed by atoms with van der Waals surface area (Å²) in [6.07, 6.45) is 1.43. The van der Waals surface area contributed by atoms with E-state index in [2.05, 4.69) is 9.71 Å². The lowest BCUT2D eigenvalue weighted by molar-refractivity contribution is 0.0524. The highest BCUT2D eigenvalue weighted by atomic mass is 32.2. The van der Waals surface area contributed by atoms with Crippen molar-refractivity contribution in [3.05, 3.63) is 118 Å². The van der Waals surface area contributed by atoms with Gasteiger partial charge in [0.05, 0.1) is 19.8 Å². The van der Waals surface area contributed by atoms with Gasteiger partial charge in [0.15, 0.2) is 0 Å². The molecule has 9 nitrogen and oxygen atoms in total. The van der Waals surface area contributed by atoms with E-state index < -0.39 is 27.5 Å². The average Bonchev–Trinajstić information content (AvgIpc) is 3.44. The Labute approximate surface area is 234 Å². The van der Waals surface area contributed by atoms with Crippen molar-refractivity contribution in [1.82, 2.24) is 9.55 Å². The number of thiazole rings is 1. The molecule has 0 fully saturated rings. The summed E-state index contributed by atoms with van der Waals surface area (Å²) in [7, 11) is -2.67. The Balaban J connectivity index is 1.73. The normalized spacial score (nSPS) is 11.5. The smallest absolute Gasteiger partial charge is 0.343 e. The van der Waals surface area contributed by atoms with Crippen LogP contribution in [0.3, 0.4) is 0 Å². The first-order valence-electron chi connectivity index (χ1n) is 12.3. The molecule has 5 aromatic rings. The van der Waals surface area contributed by atoms with Crippen molar-refractivity contribution in [1.29, 1.82) is 0 Å². The summed E-state index contributed by atoms with van der Waals surface area (Å²) in [5.41, 5.74) is 0.956. The molecule has 0 aliphatic rings. The van der Waals surface area contributed by atoms with Crippen LogP contribution in [0.1, 0.15) is 34.5 Å². The number of hydrogen-bond donors (Lipinski definition) is 1. The number of anilines is 1. The number of pyridine rings is 1. The van der Waals surface area contributed by atoms with Crippen molar-refractivity contribution in [3.63, 3.8) is 0 Å². The Kier molecular flexibility index (Phi) is 7.67. The molecule has 5 rings (SSSR count). The van der Waals surface area contributed by atoms with E-state index in [1.54, 1.807) is 35.8 Å². The lowest BCUT2D eigenvalue weighted by Gasteiger charge is -2.23. The minimum atomic E-state index is -4.18. The zero-order valence-electron chi connectivity index (χ0n) is 21.6. The molecule has 0 aliphatic carbocycles. The number of nitrogens with zero attached hydrogens (tertiary/aromatic N) is 2. The molecule has 0 saturated carbocycles. The maximum atomic E-state index is 13.5. The van der Waals surface area contributed by atoms with Gasteiger partial charge in [0, 0.05) is 11.9 Å². The van der Waals surface area contributed by atoms with Gasteiger partial charge in [0.1, 0.15) is 21.7 Å². The van der Waals surface area contributed by atoms with E-state index in [-0.39, 0.29) is 22.0 Å². The predicted molar refractivity (Wildman–Crippen MR) is 154 cm³/mol. The van der Waals surface area contributed by atoms with Gasteiger partial charge in [0.25, 0.3) is 10.0 Å². The number of sulfonamides is 1. The summed E-state index contributed by atoms with van der Waals surface area (Å²) in [4.78, 5) is 30.9. The van der Waals surface area contributed by atoms with Gasteiger partial charge < -0.3 is 14.0 Å². The topological polar surface area (TPSA) is 117 Å². The van der Waals surface area contributed by atoms with Crippen LogP contribution in [0, 0.1) is 0 Å². The number of hydrogen-bond acceptors (Lipinski definition) is 8. The third-order valence-corrected chi connectivity index (χ3v) is 8.96. The molecule has 11 heteroatoms. The number of fused-ring (bicyclic) bond motifs is 1. The van der Waals surface area contributed by atoms with Crippen LogP contribution in [-0.2, 0) is 14.8 Å². The van der Waals surface area contributed by atoms with Crippen LogP contribution in [0.4, 0.5) is 5.69 Å². The fourth-order valence-corrected chi connectivity index (χ4v) is 6.65. The molecule has 0 atom stereocenters. The quantitative estimate of drug-likeness (QED) is 0.244. The van der Waals surface area contributed by atoms with E-state index >= 15 is 0 Å². The molecule has 0 unspecified atom stereocenters. The lowest BCUT2D eigenvalue weighted by atomic mass is 9.98. The summed E-state index contributed by atoms with van der Waals surface area (Å²) in [6, 6.07) is 24.9. The van der Waals surface area contributed by atoms with Crippen LogP contribution in [0.15, 0.2) is 100 Å². The number of nitrogens with one attached hydrogen (secondary N) is 1. The van der Waals surface area contributed by atoms with Crippen molar-refractivity contribution in [2.45, 2.75) is 17.3 Å². The largest absolute Gasteiger partial charge is 0.497 e. The first kappa shape index (κ1) is 27.1. The highest BCUT2D eigenvalue weighted by Crippen LogP contribution is 2.34. The van der Waals surface area contributed by atoms with Gasteiger partial charge in [0.2, 0.25) is 9.77 Å². The first-order chi connectivity index (χ1) is 19.3. The predicted octanol–water partition coefficient (Wildman–Crippen LogP) is 5.08. The number of carbonyl (C=O) groups excluding carboxylic acids is 1. The Morgan fingerprint density at radius 1 is 0.975 bits per heavy atom. The molecule has 2 aromatic heterocycles. The van der Waals surface area contributed by atoms with E-state index in [9.17, 15) is 18.0 Å². The molecular formula is C29H25N3O6S2. The van der Waals surface area contributed by atoms with E-state index in [0.717, 1.165) is 22.5 Å². The van der Waals surface area contributed by atoms with Crippen LogP contribution >= 0.6 is 11.3 Å². The second-order valence-electron chi connectivity index (χ2n) is 8.69. The van der Waals surface area contributed by atoms with Crippen molar-refractivity contribution < 1.29 is 22.7 Å². The minimum Gasteiger partial charge on any atom is -0.497 e. The van der Waals surface area contributed by atoms with Gasteiger partial charge in [-0.2, -0.15) is 8.42 Å². The molecule has 0 radical (unpaired) electrons. The number of carbonyl (C=O) groups is 1. The number of methoxy groups -OCH3 is 1. The Bertz CT molecular complexity index is 1780. The van der Waals surface area contributed by atoms with Gasteiger partial charge in [-0.05, 0) is 42.3 Å². The van der Waals surface area contributed by atoms with Crippen molar-refractivity contribution in [2.24, 2.45) is 0 Å². The highest BCUT2D eigenvalue weighted by Gasteiger charge is 2.28. The maximum absolute atomic E-state index is 13.5. The maximum Gasteiger partial charge on any atom is 0.343 e. The number of rotatable bonds is 9. The second-order valence-corrected chi connectivity index (χ2v) is 11.5.